The zero-order valence-electron chi connectivity index (χ0n) is 78.2. The van der Waals surface area contributed by atoms with Gasteiger partial charge in [0.05, 0.1) is 6.42 Å². The number of hydrogen-bond donors (Lipinski definition) is 15. The van der Waals surface area contributed by atoms with E-state index < -0.39 is 185 Å². The molecule has 17 N–H and O–H groups in total. The van der Waals surface area contributed by atoms with E-state index in [0.717, 1.165) is 57.6 Å². The van der Waals surface area contributed by atoms with E-state index in [0.29, 0.717) is 105 Å². The molecular formula is C78H110N32O35. The molecule has 67 nitrogen and oxygen atoms in total. The van der Waals surface area contributed by atoms with Gasteiger partial charge in [-0.3, -0.25) is 130 Å². The second-order valence-electron chi connectivity index (χ2n) is 29.6. The Hall–Kier alpha value is -17.3. The number of carboxylic acids is 4. The van der Waals surface area contributed by atoms with Gasteiger partial charge in [-0.15, -0.1) is 15.2 Å². The maximum absolute atomic E-state index is 12.6. The number of nitrogens with zero attached hydrogens (tertiary/aromatic N) is 22. The molecule has 0 bridgehead atoms. The topological polar surface area (TPSA) is 1000 Å². The van der Waals surface area contributed by atoms with Crippen LogP contribution in [0.25, 0.3) is 52.2 Å². The maximum atomic E-state index is 12.6. The number of azide groups is 5. The van der Waals surface area contributed by atoms with Gasteiger partial charge in [0.25, 0.3) is 82.7 Å². The monoisotopic (exact) mass is 2050 g/mol. The Labute approximate surface area is 819 Å². The number of nitrogens with one attached hydrogen (secondary N) is 8. The lowest BCUT2D eigenvalue weighted by Crippen LogP contribution is -2.46. The fourth-order valence-corrected chi connectivity index (χ4v) is 11.3. The SMILES string of the molecule is CN[C@@H](CCCCNC(=O)CN=[N+]=[N-])C(=O)O.CN[C@@H](CCCN)C(=O)O.O=C(CCN1C(=O)C=CC1=O)ON1C(=O)CCC1=O.O=C1CCC(=O)N1O.[N-]=[N+]=NCC(=O)NCCCC[C@H](N)C(=O)O.[N-]=[N+]=NCC(=O)NCCCC[C@H](NC(=O)CCN1C(=O)C=CC1=O)C(=O)O.[N-]=[N+]=NCC(=O)NCCCC[C@H](NC(=O)CCN1C(=O)C=CC1=O)C(=O)ON1C(=O)CCC1=O.[N-]=[N+]=NCC(=O)ON1C(=O)CCC1=O. The minimum Gasteiger partial charge on any atom is -0.480 e. The predicted octanol–water partition coefficient (Wildman–Crippen LogP) is -3.56. The van der Waals surface area contributed by atoms with E-state index in [-0.39, 0.29) is 159 Å². The summed E-state index contributed by atoms with van der Waals surface area (Å²) in [5, 5.41) is 80.3. The zero-order valence-corrected chi connectivity index (χ0v) is 78.2. The summed E-state index contributed by atoms with van der Waals surface area (Å²) in [5.74, 6) is -17.3. The first-order valence-corrected chi connectivity index (χ1v) is 43.6. The zero-order chi connectivity index (χ0) is 109. The van der Waals surface area contributed by atoms with Crippen LogP contribution in [0.15, 0.2) is 62.0 Å². The van der Waals surface area contributed by atoms with Crippen LogP contribution in [0, 0.1) is 0 Å². The molecule has 7 aliphatic rings. The van der Waals surface area contributed by atoms with E-state index in [4.69, 9.17) is 69.6 Å². The highest BCUT2D eigenvalue weighted by atomic mass is 16.7. The first-order valence-electron chi connectivity index (χ1n) is 43.6. The van der Waals surface area contributed by atoms with Crippen LogP contribution < -0.4 is 54.0 Å². The minimum absolute atomic E-state index is 0.0130. The number of hydroxylamine groups is 8. The van der Waals surface area contributed by atoms with Crippen molar-refractivity contribution in [3.63, 3.8) is 0 Å². The molecule has 145 heavy (non-hydrogen) atoms. The normalized spacial score (nSPS) is 14.8. The van der Waals surface area contributed by atoms with Crippen LogP contribution in [0.3, 0.4) is 0 Å². The Bertz CT molecular complexity index is 4900. The maximum Gasteiger partial charge on any atom is 0.355 e. The summed E-state index contributed by atoms with van der Waals surface area (Å²) in [7, 11) is 3.23. The van der Waals surface area contributed by atoms with Crippen LogP contribution in [0.4, 0.5) is 0 Å². The number of aliphatic carboxylic acids is 4. The largest absolute Gasteiger partial charge is 0.480 e. The van der Waals surface area contributed by atoms with E-state index in [2.05, 4.69) is 102 Å². The van der Waals surface area contributed by atoms with Gasteiger partial charge in [-0.05, 0) is 138 Å². The Balaban J connectivity index is 0.00000169. The number of carbonyl (C=O) groups excluding carboxylic acids is 23. The van der Waals surface area contributed by atoms with Crippen LogP contribution in [0.2, 0.25) is 0 Å². The van der Waals surface area contributed by atoms with Crippen molar-refractivity contribution in [1.29, 1.82) is 0 Å². The number of likely N-dealkylation sites (N-methyl/N-ethyl adjacent to an activating group) is 2. The molecule has 0 spiro atoms. The van der Waals surface area contributed by atoms with Crippen LogP contribution in [0.5, 0.6) is 0 Å². The fraction of sp³-hybridized carbons (Fsp3) is 0.577. The molecule has 7 heterocycles. The standard InChI is InChI=1S/C19H23N7O8.C15H20N6O6.C11H10N2O6.C9H17N5O3.C8H15N5O3.C6H6N4O4.C6H14N2O2.C4H5NO3/c20-24-22-11-14(28)21-9-2-1-3-12(19(33)34-26-17(31)6-7-18(26)32)23-13(27)8-10-25-15(29)4-5-16(25)30;16-20-18-9-12(23)17-7-2-1-3-10(15(26)27)19-11(22)6-8-21-13(24)4-5-14(21)25;14-7-1-2-8(15)12(7)6-5-11(18)19-13-9(16)3-4-10(13)17;1-11-7(9(16)17)4-2-3-5-12-8(15)6-13-14-10;9-6(8(15)16)3-1-2-4-11-7(14)5-12-13-10;7-9-8-3-6(13)14-10-4(11)1-2-5(10)12;1-8-5(6(9)10)3-2-4-7;6-3-1-2-4(7)5(3)8/h4-5,12H,1-3,6-11H2,(H,21,28)(H,23,27);4-5,10H,1-3,6-9H2,(H,17,23)(H,19,22)(H,26,27);1-2H,3-6H2;7,11H,2-6H2,1H3,(H,12,15)(H,16,17);6H,1-5,9H2,(H,11,14)(H,15,16);1-3H2;5,8H,2-4,7H2,1H3,(H,9,10);8H,1-2H2/t12-;10-;;7-;6-;;5-;/m00.00.0./s1. The highest BCUT2D eigenvalue weighted by molar-refractivity contribution is 6.15. The lowest BCUT2D eigenvalue weighted by Gasteiger charge is -2.21. The van der Waals surface area contributed by atoms with Crippen molar-refractivity contribution in [3.8, 4) is 0 Å². The van der Waals surface area contributed by atoms with Crippen LogP contribution in [-0.4, -0.2) is 350 Å². The quantitative estimate of drug-likeness (QED) is 0.00700. The minimum atomic E-state index is -1.23. The van der Waals surface area contributed by atoms with Gasteiger partial charge < -0.3 is 88.9 Å². The third-order valence-electron chi connectivity index (χ3n) is 18.9. The highest BCUT2D eigenvalue weighted by Crippen LogP contribution is 2.18. The van der Waals surface area contributed by atoms with Crippen LogP contribution >= 0.6 is 0 Å². The second kappa shape index (κ2) is 73.8. The van der Waals surface area contributed by atoms with Gasteiger partial charge in [0, 0.05) is 171 Å². The molecule has 67 heteroatoms. The number of amides is 20. The molecule has 792 valence electrons. The molecule has 0 aromatic rings. The molecule has 0 aliphatic carbocycles. The number of carbonyl (C=O) groups is 27. The second-order valence-corrected chi connectivity index (χ2v) is 29.6. The third-order valence-corrected chi connectivity index (χ3v) is 18.9. The smallest absolute Gasteiger partial charge is 0.355 e. The molecule has 0 saturated carbocycles. The van der Waals surface area contributed by atoms with Crippen molar-refractivity contribution >= 4 is 160 Å². The summed E-state index contributed by atoms with van der Waals surface area (Å²) < 4.78 is 0. The van der Waals surface area contributed by atoms with Gasteiger partial charge in [0.1, 0.15) is 62.9 Å². The van der Waals surface area contributed by atoms with Gasteiger partial charge in [0.2, 0.25) is 35.4 Å². The van der Waals surface area contributed by atoms with E-state index in [1.165, 1.54) is 0 Å². The summed E-state index contributed by atoms with van der Waals surface area (Å²) in [6.07, 6.45) is 12.7. The Morgan fingerprint density at radius 1 is 0.345 bits per heavy atom. The predicted molar refractivity (Wildman–Crippen MR) is 480 cm³/mol. The summed E-state index contributed by atoms with van der Waals surface area (Å²) >= 11 is 0. The molecule has 0 radical (unpaired) electrons. The molecule has 0 unspecified atom stereocenters. The van der Waals surface area contributed by atoms with E-state index in [9.17, 15) is 129 Å². The lowest BCUT2D eigenvalue weighted by molar-refractivity contribution is -0.199. The molecule has 20 amide bonds. The summed E-state index contributed by atoms with van der Waals surface area (Å²) in [4.78, 5) is 331. The molecule has 7 aliphatic heterocycles. The van der Waals surface area contributed by atoms with Gasteiger partial charge in [-0.25, -0.2) is 19.2 Å². The number of carboxylic acid groups (broad SMARTS) is 4. The average molecular weight is 2060 g/mol. The van der Waals surface area contributed by atoms with Crippen LogP contribution in [0.1, 0.15) is 161 Å². The molecule has 4 saturated heterocycles. The third kappa shape index (κ3) is 55.3. The number of hydrogen-bond acceptors (Lipinski definition) is 40. The Morgan fingerprint density at radius 2 is 0.607 bits per heavy atom. The number of imide groups is 7. The van der Waals surface area contributed by atoms with Gasteiger partial charge in [-0.2, -0.15) is 5.06 Å². The van der Waals surface area contributed by atoms with E-state index in [1.807, 2.05) is 0 Å². The summed E-state index contributed by atoms with van der Waals surface area (Å²) in [5.41, 5.74) is 50.6. The Kier molecular flexibility index (Phi) is 64.9. The fourth-order valence-electron chi connectivity index (χ4n) is 11.3. The Morgan fingerprint density at radius 3 is 0.890 bits per heavy atom. The van der Waals surface area contributed by atoms with Crippen LogP contribution in [-0.2, 0) is 144 Å². The van der Waals surface area contributed by atoms with Crippen molar-refractivity contribution < 1.29 is 170 Å². The van der Waals surface area contributed by atoms with Crippen molar-refractivity contribution in [1.82, 2.24) is 77.5 Å². The van der Waals surface area contributed by atoms with Gasteiger partial charge in [-0.1, -0.05) is 25.6 Å². The lowest BCUT2D eigenvalue weighted by atomic mass is 10.1. The van der Waals surface area contributed by atoms with Crippen molar-refractivity contribution in [3.05, 3.63) is 88.7 Å². The first kappa shape index (κ1) is 128. The molecule has 0 aromatic carbocycles. The van der Waals surface area contributed by atoms with E-state index >= 15 is 0 Å². The number of unbranched alkanes of at least 4 members (excludes halogenated alkanes) is 4. The van der Waals surface area contributed by atoms with Crippen molar-refractivity contribution in [2.75, 3.05) is 99.2 Å². The average Bonchev–Trinajstić information content (AvgIpc) is 1.70. The van der Waals surface area contributed by atoms with Gasteiger partial charge >= 0.3 is 41.8 Å². The molecule has 5 atom stereocenters. The van der Waals surface area contributed by atoms with E-state index in [1.54, 1.807) is 14.1 Å². The summed E-state index contributed by atoms with van der Waals surface area (Å²) in [6, 6.07) is -4.17. The number of rotatable bonds is 54. The van der Waals surface area contributed by atoms with Gasteiger partial charge in [0.15, 0.2) is 0 Å². The molecule has 0 aromatic heterocycles. The van der Waals surface area contributed by atoms with Crippen molar-refractivity contribution in [2.24, 2.45) is 37.0 Å². The molecule has 4 fully saturated rings. The first-order chi connectivity index (χ1) is 68.8. The molecular weight excluding hydrogens is 1950 g/mol. The summed E-state index contributed by atoms with van der Waals surface area (Å²) in [6.45, 7) is -0.176. The number of nitrogens with two attached hydrogens (primary N) is 2. The molecule has 7 rings (SSSR count). The highest BCUT2D eigenvalue weighted by Gasteiger charge is 2.38. The van der Waals surface area contributed by atoms with Crippen molar-refractivity contribution in [2.45, 2.75) is 191 Å².